The van der Waals surface area contributed by atoms with E-state index in [1.807, 2.05) is 0 Å². The summed E-state index contributed by atoms with van der Waals surface area (Å²) in [5.74, 6) is -2.52. The summed E-state index contributed by atoms with van der Waals surface area (Å²) in [6.45, 7) is 5.23. The number of hydrogen-bond donors (Lipinski definition) is 0. The summed E-state index contributed by atoms with van der Waals surface area (Å²) in [4.78, 5) is 34.5. The van der Waals surface area contributed by atoms with Crippen LogP contribution < -0.4 is 0 Å². The van der Waals surface area contributed by atoms with Crippen molar-refractivity contribution in [3.05, 3.63) is 47.8 Å². The van der Waals surface area contributed by atoms with Crippen LogP contribution in [-0.2, 0) is 14.3 Å². The number of Topliss-reactive ketones (excluding diaryl/α,β-unsaturated/α-hetero) is 1. The Kier molecular flexibility index (Phi) is 5.77. The molecule has 0 fully saturated rings. The van der Waals surface area contributed by atoms with Crippen LogP contribution in [0, 0.1) is 11.7 Å². The number of carbonyl (C=O) groups excluding carboxylic acids is 3. The third-order valence-corrected chi connectivity index (χ3v) is 2.73. The van der Waals surface area contributed by atoms with Crippen molar-refractivity contribution in [3.8, 4) is 0 Å². The third kappa shape index (κ3) is 4.12. The number of aldehydes is 1. The normalized spacial score (nSPS) is 11.5. The molecule has 1 atom stereocenters. The van der Waals surface area contributed by atoms with Gasteiger partial charge < -0.3 is 4.74 Å². The SMILES string of the molecule is C=C(C=O)C(CC(=O)c1ccc(F)cc1)C(=O)OCC. The monoisotopic (exact) mass is 278 g/mol. The van der Waals surface area contributed by atoms with E-state index in [0.717, 1.165) is 12.1 Å². The highest BCUT2D eigenvalue weighted by Gasteiger charge is 2.26. The molecule has 1 rings (SSSR count). The molecule has 0 aliphatic heterocycles. The molecule has 0 radical (unpaired) electrons. The first-order valence-corrected chi connectivity index (χ1v) is 6.09. The van der Waals surface area contributed by atoms with Gasteiger partial charge in [-0.3, -0.25) is 14.4 Å². The number of carbonyl (C=O) groups is 3. The molecule has 1 aromatic rings. The molecule has 0 heterocycles. The maximum absolute atomic E-state index is 12.8. The van der Waals surface area contributed by atoms with E-state index in [0.29, 0.717) is 6.29 Å². The van der Waals surface area contributed by atoms with Crippen molar-refractivity contribution in [2.45, 2.75) is 13.3 Å². The molecule has 106 valence electrons. The smallest absolute Gasteiger partial charge is 0.313 e. The fraction of sp³-hybridized carbons (Fsp3) is 0.267. The van der Waals surface area contributed by atoms with Gasteiger partial charge in [0.25, 0.3) is 0 Å². The highest BCUT2D eigenvalue weighted by atomic mass is 19.1. The third-order valence-electron chi connectivity index (χ3n) is 2.73. The molecule has 0 amide bonds. The molecule has 1 unspecified atom stereocenters. The molecular formula is C15H15FO4. The van der Waals surface area contributed by atoms with Crippen molar-refractivity contribution >= 4 is 18.0 Å². The van der Waals surface area contributed by atoms with E-state index >= 15 is 0 Å². The fourth-order valence-electron chi connectivity index (χ4n) is 1.63. The van der Waals surface area contributed by atoms with Crippen LogP contribution in [0.25, 0.3) is 0 Å². The summed E-state index contributed by atoms with van der Waals surface area (Å²) >= 11 is 0. The molecule has 1 aromatic carbocycles. The van der Waals surface area contributed by atoms with Crippen molar-refractivity contribution in [1.29, 1.82) is 0 Å². The Hall–Kier alpha value is -2.30. The molecule has 4 nitrogen and oxygen atoms in total. The second-order valence-electron chi connectivity index (χ2n) is 4.13. The van der Waals surface area contributed by atoms with Crippen LogP contribution in [0.15, 0.2) is 36.4 Å². The van der Waals surface area contributed by atoms with Crippen LogP contribution in [0.5, 0.6) is 0 Å². The van der Waals surface area contributed by atoms with Crippen LogP contribution in [0.3, 0.4) is 0 Å². The minimum absolute atomic E-state index is 0.0149. The van der Waals surface area contributed by atoms with E-state index in [1.165, 1.54) is 12.1 Å². The summed E-state index contributed by atoms with van der Waals surface area (Å²) in [5.41, 5.74) is 0.248. The summed E-state index contributed by atoms with van der Waals surface area (Å²) in [5, 5.41) is 0. The number of hydrogen-bond acceptors (Lipinski definition) is 4. The largest absolute Gasteiger partial charge is 0.466 e. The summed E-state index contributed by atoms with van der Waals surface area (Å²) in [6.07, 6.45) is 0.196. The van der Waals surface area contributed by atoms with Crippen LogP contribution in [0.1, 0.15) is 23.7 Å². The molecule has 0 saturated carbocycles. The van der Waals surface area contributed by atoms with E-state index in [9.17, 15) is 18.8 Å². The molecule has 0 N–H and O–H groups in total. The van der Waals surface area contributed by atoms with Gasteiger partial charge in [0.2, 0.25) is 0 Å². The fourth-order valence-corrected chi connectivity index (χ4v) is 1.63. The maximum atomic E-state index is 12.8. The molecule has 0 aliphatic rings. The first-order chi connectivity index (χ1) is 9.49. The number of ether oxygens (including phenoxy) is 1. The van der Waals surface area contributed by atoms with E-state index in [-0.39, 0.29) is 29.9 Å². The lowest BCUT2D eigenvalue weighted by atomic mass is 9.93. The molecule has 5 heteroatoms. The van der Waals surface area contributed by atoms with E-state index in [4.69, 9.17) is 4.74 Å². The van der Waals surface area contributed by atoms with Gasteiger partial charge in [0, 0.05) is 12.0 Å². The molecule has 0 aromatic heterocycles. The van der Waals surface area contributed by atoms with Crippen LogP contribution in [0.2, 0.25) is 0 Å². The average Bonchev–Trinajstić information content (AvgIpc) is 2.44. The first-order valence-electron chi connectivity index (χ1n) is 6.09. The highest BCUT2D eigenvalue weighted by Crippen LogP contribution is 2.18. The minimum Gasteiger partial charge on any atom is -0.466 e. The van der Waals surface area contributed by atoms with Crippen molar-refractivity contribution in [3.63, 3.8) is 0 Å². The Morgan fingerprint density at radius 1 is 1.35 bits per heavy atom. The summed E-state index contributed by atoms with van der Waals surface area (Å²) in [7, 11) is 0. The molecule has 0 bridgehead atoms. The van der Waals surface area contributed by atoms with Gasteiger partial charge in [0.05, 0.1) is 12.5 Å². The number of esters is 1. The molecule has 0 spiro atoms. The van der Waals surface area contributed by atoms with Gasteiger partial charge in [-0.2, -0.15) is 0 Å². The number of rotatable bonds is 7. The van der Waals surface area contributed by atoms with Crippen molar-refractivity contribution < 1.29 is 23.5 Å². The Balaban J connectivity index is 2.86. The van der Waals surface area contributed by atoms with Crippen LogP contribution in [0.4, 0.5) is 4.39 Å². The van der Waals surface area contributed by atoms with Gasteiger partial charge >= 0.3 is 5.97 Å². The van der Waals surface area contributed by atoms with Gasteiger partial charge in [0.1, 0.15) is 12.1 Å². The van der Waals surface area contributed by atoms with Crippen LogP contribution in [-0.4, -0.2) is 24.6 Å². The van der Waals surface area contributed by atoms with Crippen molar-refractivity contribution in [1.82, 2.24) is 0 Å². The lowest BCUT2D eigenvalue weighted by Gasteiger charge is -2.14. The van der Waals surface area contributed by atoms with Crippen molar-refractivity contribution in [2.24, 2.45) is 5.92 Å². The Bertz CT molecular complexity index is 519. The molecule has 20 heavy (non-hydrogen) atoms. The number of benzene rings is 1. The maximum Gasteiger partial charge on any atom is 0.313 e. The van der Waals surface area contributed by atoms with E-state index in [1.54, 1.807) is 6.92 Å². The Morgan fingerprint density at radius 2 is 1.95 bits per heavy atom. The zero-order chi connectivity index (χ0) is 15.1. The minimum atomic E-state index is -1.01. The second kappa shape index (κ2) is 7.33. The quantitative estimate of drug-likeness (QED) is 0.332. The topological polar surface area (TPSA) is 60.4 Å². The van der Waals surface area contributed by atoms with Gasteiger partial charge in [-0.25, -0.2) is 4.39 Å². The lowest BCUT2D eigenvalue weighted by Crippen LogP contribution is -2.23. The van der Waals surface area contributed by atoms with Gasteiger partial charge in [-0.15, -0.1) is 0 Å². The summed E-state index contributed by atoms with van der Waals surface area (Å²) in [6, 6.07) is 4.95. The first kappa shape index (κ1) is 15.8. The molecule has 0 aliphatic carbocycles. The van der Waals surface area contributed by atoms with E-state index in [2.05, 4.69) is 6.58 Å². The number of halogens is 1. The molecule has 0 saturated heterocycles. The standard InChI is InChI=1S/C15H15FO4/c1-3-20-15(19)13(10(2)9-17)8-14(18)11-4-6-12(16)7-5-11/h4-7,9,13H,2-3,8H2,1H3. The van der Waals surface area contributed by atoms with E-state index < -0.39 is 17.7 Å². The predicted molar refractivity (Wildman–Crippen MR) is 70.7 cm³/mol. The lowest BCUT2D eigenvalue weighted by molar-refractivity contribution is -0.147. The van der Waals surface area contributed by atoms with Crippen molar-refractivity contribution in [2.75, 3.05) is 6.61 Å². The average molecular weight is 278 g/mol. The van der Waals surface area contributed by atoms with Gasteiger partial charge in [-0.1, -0.05) is 6.58 Å². The predicted octanol–water partition coefficient (Wildman–Crippen LogP) is 2.33. The second-order valence-corrected chi connectivity index (χ2v) is 4.13. The highest BCUT2D eigenvalue weighted by molar-refractivity contribution is 6.00. The zero-order valence-electron chi connectivity index (χ0n) is 11.1. The number of ketones is 1. The Morgan fingerprint density at radius 3 is 2.45 bits per heavy atom. The zero-order valence-corrected chi connectivity index (χ0v) is 11.1. The summed E-state index contributed by atoms with van der Waals surface area (Å²) < 4.78 is 17.6. The van der Waals surface area contributed by atoms with Gasteiger partial charge in [-0.05, 0) is 36.8 Å². The van der Waals surface area contributed by atoms with Gasteiger partial charge in [0.15, 0.2) is 5.78 Å². The van der Waals surface area contributed by atoms with Crippen LogP contribution >= 0.6 is 0 Å². The molecular weight excluding hydrogens is 263 g/mol. The Labute approximate surface area is 116 Å².